The molecule has 4 N–H and O–H groups in total. The highest BCUT2D eigenvalue weighted by Crippen LogP contribution is 2.24. The molecule has 1 amide bonds. The number of benzene rings is 1. The second-order valence-electron chi connectivity index (χ2n) is 5.67. The van der Waals surface area contributed by atoms with Gasteiger partial charge in [0.05, 0.1) is 4.90 Å². The summed E-state index contributed by atoms with van der Waals surface area (Å²) in [6, 6.07) is 3.46. The smallest absolute Gasteiger partial charge is 0.251 e. The lowest BCUT2D eigenvalue weighted by molar-refractivity contribution is 0.0924. The predicted molar refractivity (Wildman–Crippen MR) is 95.5 cm³/mol. The third kappa shape index (κ3) is 5.15. The number of nitrogens with two attached hydrogens (primary N) is 1. The summed E-state index contributed by atoms with van der Waals surface area (Å²) in [4.78, 5) is 12.4. The van der Waals surface area contributed by atoms with Gasteiger partial charge in [-0.05, 0) is 50.9 Å². The lowest BCUT2D eigenvalue weighted by Crippen LogP contribution is -2.46. The van der Waals surface area contributed by atoms with Gasteiger partial charge in [-0.2, -0.15) is 0 Å². The van der Waals surface area contributed by atoms with Crippen molar-refractivity contribution in [2.24, 2.45) is 5.14 Å². The molecule has 0 aromatic heterocycles. The summed E-state index contributed by atoms with van der Waals surface area (Å²) in [5, 5.41) is 11.5. The van der Waals surface area contributed by atoms with Gasteiger partial charge in [0, 0.05) is 22.1 Å². The van der Waals surface area contributed by atoms with E-state index in [9.17, 15) is 13.2 Å². The fourth-order valence-electron chi connectivity index (χ4n) is 2.71. The van der Waals surface area contributed by atoms with Crippen LogP contribution in [-0.4, -0.2) is 33.0 Å². The molecule has 1 aromatic carbocycles. The first-order chi connectivity index (χ1) is 10.2. The van der Waals surface area contributed by atoms with Gasteiger partial charge in [0.2, 0.25) is 10.0 Å². The maximum Gasteiger partial charge on any atom is 0.251 e. The molecule has 2 rings (SSSR count). The molecule has 0 saturated carbocycles. The second kappa shape index (κ2) is 7.94. The number of nitrogens with one attached hydrogen (secondary N) is 2. The van der Waals surface area contributed by atoms with E-state index in [4.69, 9.17) is 5.14 Å². The summed E-state index contributed by atoms with van der Waals surface area (Å²) < 4.78 is 23.8. The van der Waals surface area contributed by atoms with Crippen LogP contribution in [0.2, 0.25) is 0 Å². The van der Waals surface area contributed by atoms with Crippen LogP contribution in [-0.2, 0) is 10.0 Å². The Morgan fingerprint density at radius 2 is 2.09 bits per heavy atom. The highest BCUT2D eigenvalue weighted by molar-refractivity contribution is 9.10. The number of carbonyl (C=O) groups excluding carboxylic acids is 1. The lowest BCUT2D eigenvalue weighted by Gasteiger charge is -2.29. The fraction of sp³-hybridized carbons (Fsp3) is 0.500. The molecule has 130 valence electrons. The molecule has 1 fully saturated rings. The topological polar surface area (TPSA) is 101 Å². The molecule has 1 aliphatic heterocycles. The van der Waals surface area contributed by atoms with Gasteiger partial charge in [-0.15, -0.1) is 12.4 Å². The Bertz CT molecular complexity index is 697. The second-order valence-corrected chi connectivity index (χ2v) is 8.12. The fourth-order valence-corrected chi connectivity index (χ4v) is 4.15. The van der Waals surface area contributed by atoms with Gasteiger partial charge >= 0.3 is 0 Å². The lowest BCUT2D eigenvalue weighted by atomic mass is 9.99. The Morgan fingerprint density at radius 3 is 2.65 bits per heavy atom. The maximum atomic E-state index is 12.5. The van der Waals surface area contributed by atoms with Crippen molar-refractivity contribution in [1.82, 2.24) is 10.6 Å². The van der Waals surface area contributed by atoms with Crippen LogP contribution in [0.3, 0.4) is 0 Å². The van der Waals surface area contributed by atoms with E-state index in [1.165, 1.54) is 6.07 Å². The minimum absolute atomic E-state index is 0. The first-order valence-electron chi connectivity index (χ1n) is 7.05. The minimum Gasteiger partial charge on any atom is -0.349 e. The number of hydrogen-bond donors (Lipinski definition) is 3. The average molecular weight is 427 g/mol. The molecule has 6 nitrogen and oxygen atoms in total. The van der Waals surface area contributed by atoms with Crippen molar-refractivity contribution in [1.29, 1.82) is 0 Å². The summed E-state index contributed by atoms with van der Waals surface area (Å²) in [5.74, 6) is -0.275. The Kier molecular flexibility index (Phi) is 7.03. The average Bonchev–Trinajstić information content (AvgIpc) is 2.39. The molecule has 1 aliphatic rings. The largest absolute Gasteiger partial charge is 0.349 e. The molecule has 1 saturated heterocycles. The quantitative estimate of drug-likeness (QED) is 0.684. The first-order valence-corrected chi connectivity index (χ1v) is 9.39. The minimum atomic E-state index is -3.87. The predicted octanol–water partition coefficient (Wildman–Crippen LogP) is 1.70. The molecule has 0 aliphatic carbocycles. The number of sulfonamides is 1. The summed E-state index contributed by atoms with van der Waals surface area (Å²) in [5.41, 5.74) is 0.690. The van der Waals surface area contributed by atoms with Crippen LogP contribution in [0.4, 0.5) is 0 Å². The van der Waals surface area contributed by atoms with Crippen molar-refractivity contribution in [3.63, 3.8) is 0 Å². The summed E-state index contributed by atoms with van der Waals surface area (Å²) in [6.07, 6.45) is 1.70. The van der Waals surface area contributed by atoms with Gasteiger partial charge in [0.15, 0.2) is 0 Å². The van der Waals surface area contributed by atoms with Crippen molar-refractivity contribution in [3.8, 4) is 0 Å². The van der Waals surface area contributed by atoms with E-state index < -0.39 is 10.0 Å². The van der Waals surface area contributed by atoms with Gasteiger partial charge in [-0.1, -0.05) is 15.9 Å². The van der Waals surface area contributed by atoms with Crippen LogP contribution in [0.5, 0.6) is 0 Å². The van der Waals surface area contributed by atoms with E-state index in [-0.39, 0.29) is 29.3 Å². The van der Waals surface area contributed by atoms with E-state index in [1.54, 1.807) is 13.0 Å². The Labute approximate surface area is 151 Å². The molecule has 23 heavy (non-hydrogen) atoms. The monoisotopic (exact) mass is 425 g/mol. The molecule has 2 unspecified atom stereocenters. The van der Waals surface area contributed by atoms with Gasteiger partial charge in [0.1, 0.15) is 0 Å². The van der Waals surface area contributed by atoms with Crippen LogP contribution in [0.1, 0.15) is 35.7 Å². The Balaban J connectivity index is 0.00000264. The van der Waals surface area contributed by atoms with E-state index in [1.807, 2.05) is 0 Å². The van der Waals surface area contributed by atoms with Crippen molar-refractivity contribution < 1.29 is 13.2 Å². The van der Waals surface area contributed by atoms with E-state index in [2.05, 4.69) is 33.5 Å². The van der Waals surface area contributed by atoms with Gasteiger partial charge in [-0.3, -0.25) is 4.79 Å². The van der Waals surface area contributed by atoms with E-state index >= 15 is 0 Å². The highest BCUT2D eigenvalue weighted by Gasteiger charge is 2.23. The van der Waals surface area contributed by atoms with Crippen molar-refractivity contribution in [3.05, 3.63) is 27.7 Å². The zero-order valence-electron chi connectivity index (χ0n) is 12.9. The molecular weight excluding hydrogens is 406 g/mol. The van der Waals surface area contributed by atoms with Crippen LogP contribution < -0.4 is 15.8 Å². The standard InChI is InChI=1S/C14H20BrN3O3S.ClH/c1-8-5-11(3-4-17-8)18-14(19)12-6-10(15)7-13(9(12)2)22(16,20)21;/h6-8,11,17H,3-5H2,1-2H3,(H,18,19)(H2,16,20,21);1H. The zero-order valence-corrected chi connectivity index (χ0v) is 16.1. The van der Waals surface area contributed by atoms with E-state index in [0.717, 1.165) is 19.4 Å². The zero-order chi connectivity index (χ0) is 16.5. The number of rotatable bonds is 3. The molecule has 2 atom stereocenters. The number of halogens is 2. The van der Waals surface area contributed by atoms with Crippen LogP contribution in [0, 0.1) is 6.92 Å². The molecule has 1 heterocycles. The number of carbonyl (C=O) groups is 1. The Morgan fingerprint density at radius 1 is 1.43 bits per heavy atom. The molecule has 9 heteroatoms. The van der Waals surface area contributed by atoms with E-state index in [0.29, 0.717) is 21.6 Å². The molecule has 1 aromatic rings. The van der Waals surface area contributed by atoms with Gasteiger partial charge < -0.3 is 10.6 Å². The summed E-state index contributed by atoms with van der Waals surface area (Å²) in [6.45, 7) is 4.51. The first kappa shape index (κ1) is 20.4. The van der Waals surface area contributed by atoms with Gasteiger partial charge in [0.25, 0.3) is 5.91 Å². The van der Waals surface area contributed by atoms with Crippen LogP contribution in [0.25, 0.3) is 0 Å². The van der Waals surface area contributed by atoms with Crippen molar-refractivity contribution in [2.45, 2.75) is 43.7 Å². The highest BCUT2D eigenvalue weighted by atomic mass is 79.9. The molecular formula is C14H21BrClN3O3S. The molecule has 0 bridgehead atoms. The number of amides is 1. The normalized spacial score (nSPS) is 21.4. The maximum absolute atomic E-state index is 12.5. The number of hydrogen-bond acceptors (Lipinski definition) is 4. The SMILES string of the molecule is Cc1c(C(=O)NC2CCNC(C)C2)cc(Br)cc1S(N)(=O)=O.Cl. The van der Waals surface area contributed by atoms with Gasteiger partial charge in [-0.25, -0.2) is 13.6 Å². The number of primary sulfonamides is 1. The molecule has 0 spiro atoms. The van der Waals surface area contributed by atoms with Crippen molar-refractivity contribution in [2.75, 3.05) is 6.54 Å². The third-order valence-corrected chi connectivity index (χ3v) is 5.33. The molecule has 0 radical (unpaired) electrons. The van der Waals surface area contributed by atoms with Crippen molar-refractivity contribution >= 4 is 44.3 Å². The summed E-state index contributed by atoms with van der Waals surface area (Å²) in [7, 11) is -3.87. The summed E-state index contributed by atoms with van der Waals surface area (Å²) >= 11 is 3.23. The third-order valence-electron chi connectivity index (χ3n) is 3.83. The Hall–Kier alpha value is -0.670. The van der Waals surface area contributed by atoms with Crippen LogP contribution >= 0.6 is 28.3 Å². The number of piperidine rings is 1. The van der Waals surface area contributed by atoms with Crippen LogP contribution in [0.15, 0.2) is 21.5 Å².